The summed E-state index contributed by atoms with van der Waals surface area (Å²) in [6.45, 7) is 0. The van der Waals surface area contributed by atoms with Crippen molar-refractivity contribution < 1.29 is 4.42 Å². The fraction of sp³-hybridized carbons (Fsp3) is 0. The summed E-state index contributed by atoms with van der Waals surface area (Å²) in [6, 6.07) is 65.1. The molecule has 8 aromatic carbocycles. The Hall–Kier alpha value is -7.17. The smallest absolute Gasteiger partial charge is 0.164 e. The van der Waals surface area contributed by atoms with Crippen LogP contribution in [0, 0.1) is 0 Å². The Balaban J connectivity index is 1.17. The fourth-order valence-electron chi connectivity index (χ4n) is 7.32. The van der Waals surface area contributed by atoms with Crippen LogP contribution in [0.3, 0.4) is 0 Å². The highest BCUT2D eigenvalue weighted by Crippen LogP contribution is 2.39. The molecule has 248 valence electrons. The lowest BCUT2D eigenvalue weighted by molar-refractivity contribution is 0.669. The van der Waals surface area contributed by atoms with Crippen LogP contribution in [0.15, 0.2) is 192 Å². The van der Waals surface area contributed by atoms with E-state index in [-0.39, 0.29) is 0 Å². The van der Waals surface area contributed by atoms with Crippen molar-refractivity contribution in [2.24, 2.45) is 0 Å². The standard InChI is InChI=1S/C49H31N3O/c1-4-13-32(14-5-1)36-20-10-21-38(29-36)47-50-48(39-27-28-42-45(31-39)53-44-24-12-22-40(46(42)44)34-17-8-3-9-18-34)52-49(51-47)41-23-11-19-35-25-26-37(30-43(35)41)33-15-6-2-7-16-33/h1-31H. The first-order chi connectivity index (χ1) is 26.2. The lowest BCUT2D eigenvalue weighted by Gasteiger charge is -2.12. The highest BCUT2D eigenvalue weighted by molar-refractivity contribution is 6.13. The summed E-state index contributed by atoms with van der Waals surface area (Å²) in [7, 11) is 0. The third-order valence-electron chi connectivity index (χ3n) is 9.93. The van der Waals surface area contributed by atoms with E-state index >= 15 is 0 Å². The van der Waals surface area contributed by atoms with Crippen molar-refractivity contribution in [3.8, 4) is 67.5 Å². The lowest BCUT2D eigenvalue weighted by Crippen LogP contribution is -2.00. The molecule has 0 atom stereocenters. The molecule has 0 saturated carbocycles. The molecule has 53 heavy (non-hydrogen) atoms. The van der Waals surface area contributed by atoms with Gasteiger partial charge >= 0.3 is 0 Å². The molecule has 0 fully saturated rings. The van der Waals surface area contributed by atoms with E-state index in [0.717, 1.165) is 82.8 Å². The fourth-order valence-corrected chi connectivity index (χ4v) is 7.32. The Morgan fingerprint density at radius 2 is 0.849 bits per heavy atom. The SMILES string of the molecule is c1ccc(-c2cccc(-c3nc(-c4ccc5c(c4)oc4cccc(-c6ccccc6)c45)nc(-c4cccc5ccc(-c6ccccc6)cc45)n3)c2)cc1. The number of rotatable bonds is 6. The van der Waals surface area contributed by atoms with Crippen molar-refractivity contribution in [1.29, 1.82) is 0 Å². The lowest BCUT2D eigenvalue weighted by atomic mass is 9.97. The average molecular weight is 678 g/mol. The van der Waals surface area contributed by atoms with Gasteiger partial charge in [-0.05, 0) is 74.5 Å². The maximum absolute atomic E-state index is 6.51. The van der Waals surface area contributed by atoms with Crippen molar-refractivity contribution in [2.75, 3.05) is 0 Å². The van der Waals surface area contributed by atoms with E-state index in [1.165, 1.54) is 0 Å². The molecule has 0 amide bonds. The van der Waals surface area contributed by atoms with Crippen molar-refractivity contribution in [1.82, 2.24) is 15.0 Å². The number of furan rings is 1. The first-order valence-corrected chi connectivity index (χ1v) is 17.8. The highest BCUT2D eigenvalue weighted by Gasteiger charge is 2.18. The van der Waals surface area contributed by atoms with E-state index in [0.29, 0.717) is 17.5 Å². The molecule has 0 saturated heterocycles. The van der Waals surface area contributed by atoms with E-state index in [1.54, 1.807) is 0 Å². The second kappa shape index (κ2) is 12.9. The molecule has 4 heteroatoms. The van der Waals surface area contributed by atoms with Crippen LogP contribution in [0.4, 0.5) is 0 Å². The minimum atomic E-state index is 0.581. The zero-order valence-electron chi connectivity index (χ0n) is 28.6. The van der Waals surface area contributed by atoms with Crippen molar-refractivity contribution in [2.45, 2.75) is 0 Å². The molecule has 0 radical (unpaired) electrons. The number of nitrogens with zero attached hydrogens (tertiary/aromatic N) is 3. The minimum Gasteiger partial charge on any atom is -0.456 e. The van der Waals surface area contributed by atoms with E-state index in [1.807, 2.05) is 24.3 Å². The maximum Gasteiger partial charge on any atom is 0.164 e. The molecule has 0 aliphatic heterocycles. The molecule has 0 bridgehead atoms. The van der Waals surface area contributed by atoms with Gasteiger partial charge in [-0.25, -0.2) is 15.0 Å². The number of aromatic nitrogens is 3. The van der Waals surface area contributed by atoms with Crippen molar-refractivity contribution in [3.05, 3.63) is 188 Å². The van der Waals surface area contributed by atoms with Gasteiger partial charge in [0.1, 0.15) is 11.2 Å². The topological polar surface area (TPSA) is 51.8 Å². The van der Waals surface area contributed by atoms with Gasteiger partial charge in [0.2, 0.25) is 0 Å². The molecular formula is C49H31N3O. The Bertz CT molecular complexity index is 2940. The van der Waals surface area contributed by atoms with Crippen molar-refractivity contribution >= 4 is 32.7 Å². The second-order valence-electron chi connectivity index (χ2n) is 13.2. The highest BCUT2D eigenvalue weighted by atomic mass is 16.3. The van der Waals surface area contributed by atoms with Crippen LogP contribution in [-0.4, -0.2) is 15.0 Å². The van der Waals surface area contributed by atoms with Gasteiger partial charge in [0.25, 0.3) is 0 Å². The van der Waals surface area contributed by atoms with Gasteiger partial charge in [0.15, 0.2) is 17.5 Å². The first-order valence-electron chi connectivity index (χ1n) is 17.8. The van der Waals surface area contributed by atoms with Crippen LogP contribution in [0.1, 0.15) is 0 Å². The van der Waals surface area contributed by atoms with Crippen molar-refractivity contribution in [3.63, 3.8) is 0 Å². The summed E-state index contributed by atoms with van der Waals surface area (Å²) in [4.78, 5) is 15.5. The van der Waals surface area contributed by atoms with E-state index in [2.05, 4.69) is 164 Å². The third-order valence-corrected chi connectivity index (χ3v) is 9.93. The van der Waals surface area contributed by atoms with Gasteiger partial charge in [-0.2, -0.15) is 0 Å². The number of benzene rings is 8. The van der Waals surface area contributed by atoms with Gasteiger partial charge in [0.05, 0.1) is 0 Å². The third kappa shape index (κ3) is 5.63. The largest absolute Gasteiger partial charge is 0.456 e. The molecule has 0 spiro atoms. The van der Waals surface area contributed by atoms with Gasteiger partial charge in [-0.3, -0.25) is 0 Å². The molecule has 2 aromatic heterocycles. The van der Waals surface area contributed by atoms with Crippen LogP contribution in [0.2, 0.25) is 0 Å². The zero-order valence-corrected chi connectivity index (χ0v) is 28.6. The Morgan fingerprint density at radius 3 is 1.58 bits per heavy atom. The van der Waals surface area contributed by atoms with Crippen LogP contribution in [0.25, 0.3) is 100 Å². The predicted molar refractivity (Wildman–Crippen MR) is 217 cm³/mol. The van der Waals surface area contributed by atoms with E-state index in [4.69, 9.17) is 19.4 Å². The normalized spacial score (nSPS) is 11.4. The van der Waals surface area contributed by atoms with Crippen LogP contribution < -0.4 is 0 Å². The summed E-state index contributed by atoms with van der Waals surface area (Å²) in [6.07, 6.45) is 0. The molecule has 4 nitrogen and oxygen atoms in total. The van der Waals surface area contributed by atoms with Crippen LogP contribution in [-0.2, 0) is 0 Å². The van der Waals surface area contributed by atoms with E-state index < -0.39 is 0 Å². The van der Waals surface area contributed by atoms with Gasteiger partial charge in [-0.15, -0.1) is 0 Å². The monoisotopic (exact) mass is 677 g/mol. The summed E-state index contributed by atoms with van der Waals surface area (Å²) >= 11 is 0. The summed E-state index contributed by atoms with van der Waals surface area (Å²) < 4.78 is 6.51. The molecule has 0 aliphatic rings. The summed E-state index contributed by atoms with van der Waals surface area (Å²) in [5, 5.41) is 4.35. The quantitative estimate of drug-likeness (QED) is 0.176. The molecular weight excluding hydrogens is 647 g/mol. The van der Waals surface area contributed by atoms with Gasteiger partial charge < -0.3 is 4.42 Å². The molecule has 2 heterocycles. The van der Waals surface area contributed by atoms with Gasteiger partial charge in [0, 0.05) is 27.5 Å². The Labute approximate surface area is 306 Å². The summed E-state index contributed by atoms with van der Waals surface area (Å²) in [5.74, 6) is 1.80. The van der Waals surface area contributed by atoms with Crippen LogP contribution >= 0.6 is 0 Å². The number of hydrogen-bond donors (Lipinski definition) is 0. The van der Waals surface area contributed by atoms with Gasteiger partial charge in [-0.1, -0.05) is 158 Å². The molecule has 0 aliphatic carbocycles. The predicted octanol–water partition coefficient (Wildman–Crippen LogP) is 12.9. The first kappa shape index (κ1) is 30.6. The molecule has 10 aromatic rings. The molecule has 10 rings (SSSR count). The Morgan fingerprint density at radius 1 is 0.302 bits per heavy atom. The molecule has 0 N–H and O–H groups in total. The zero-order chi connectivity index (χ0) is 35.1. The van der Waals surface area contributed by atoms with E-state index in [9.17, 15) is 0 Å². The van der Waals surface area contributed by atoms with Crippen LogP contribution in [0.5, 0.6) is 0 Å². The second-order valence-corrected chi connectivity index (χ2v) is 13.2. The molecule has 0 unspecified atom stereocenters. The minimum absolute atomic E-state index is 0.581. The summed E-state index contributed by atoms with van der Waals surface area (Å²) in [5.41, 5.74) is 11.2. The average Bonchev–Trinajstić information content (AvgIpc) is 3.62. The number of hydrogen-bond acceptors (Lipinski definition) is 4. The number of fused-ring (bicyclic) bond motifs is 4. The Kier molecular flexibility index (Phi) is 7.43. The maximum atomic E-state index is 6.51.